The largest absolute Gasteiger partial charge is 0.379 e. The van der Waals surface area contributed by atoms with Crippen LogP contribution in [0.5, 0.6) is 0 Å². The Kier molecular flexibility index (Phi) is 3.86. The minimum absolute atomic E-state index is 0.572. The molecule has 0 N–H and O–H groups in total. The Balaban J connectivity index is 2.53. The van der Waals surface area contributed by atoms with Gasteiger partial charge in [-0.1, -0.05) is 19.2 Å². The summed E-state index contributed by atoms with van der Waals surface area (Å²) in [6, 6.07) is 0. The number of allylic oxidation sites excluding steroid dienone is 1. The number of likely N-dealkylation sites (tertiary alicyclic amines) is 1. The van der Waals surface area contributed by atoms with Crippen LogP contribution in [0.15, 0.2) is 11.4 Å². The Morgan fingerprint density at radius 2 is 1.75 bits per heavy atom. The van der Waals surface area contributed by atoms with E-state index in [1.807, 2.05) is 0 Å². The zero-order chi connectivity index (χ0) is 8.97. The first-order chi connectivity index (χ1) is 5.75. The summed E-state index contributed by atoms with van der Waals surface area (Å²) in [5.41, 5.74) is 0. The molecule has 0 bridgehead atoms. The van der Waals surface area contributed by atoms with Crippen molar-refractivity contribution in [3.8, 4) is 0 Å². The second kappa shape index (κ2) is 4.70. The van der Waals surface area contributed by atoms with E-state index in [9.17, 15) is 0 Å². The number of nitrogens with zero attached hydrogens (tertiary/aromatic N) is 1. The zero-order valence-corrected chi connectivity index (χ0v) is 9.79. The lowest BCUT2D eigenvalue weighted by Crippen LogP contribution is -2.34. The molecule has 1 rings (SSSR count). The van der Waals surface area contributed by atoms with Crippen LogP contribution in [-0.4, -0.2) is 26.8 Å². The lowest BCUT2D eigenvalue weighted by molar-refractivity contribution is 0.299. The van der Waals surface area contributed by atoms with E-state index >= 15 is 0 Å². The van der Waals surface area contributed by atoms with Crippen molar-refractivity contribution in [2.75, 3.05) is 13.1 Å². The molecule has 0 atom stereocenters. The summed E-state index contributed by atoms with van der Waals surface area (Å²) in [6.45, 7) is 9.65. The molecule has 0 aromatic rings. The molecule has 1 saturated heterocycles. The standard InChI is InChI=1S/C10H21NSi/c1-4-10(12(2)3)11-8-6-5-7-9-11/h4,12H,5-9H2,1-3H3. The molecule has 0 aromatic heterocycles. The third-order valence-corrected chi connectivity index (χ3v) is 4.49. The molecule has 1 nitrogen and oxygen atoms in total. The van der Waals surface area contributed by atoms with E-state index in [4.69, 9.17) is 0 Å². The molecule has 0 aromatic carbocycles. The van der Waals surface area contributed by atoms with Crippen molar-refractivity contribution in [1.29, 1.82) is 0 Å². The Morgan fingerprint density at radius 1 is 1.17 bits per heavy atom. The predicted octanol–water partition coefficient (Wildman–Crippen LogP) is 2.40. The third kappa shape index (κ3) is 2.37. The zero-order valence-electron chi connectivity index (χ0n) is 8.64. The lowest BCUT2D eigenvalue weighted by atomic mass is 10.1. The maximum Gasteiger partial charge on any atom is 0.0847 e. The van der Waals surface area contributed by atoms with Crippen LogP contribution in [0.3, 0.4) is 0 Å². The summed E-state index contributed by atoms with van der Waals surface area (Å²) in [5, 5.41) is 1.68. The first-order valence-corrected chi connectivity index (χ1v) is 8.05. The first kappa shape index (κ1) is 9.84. The second-order valence-electron chi connectivity index (χ2n) is 3.92. The van der Waals surface area contributed by atoms with Gasteiger partial charge in [0.05, 0.1) is 8.80 Å². The van der Waals surface area contributed by atoms with Gasteiger partial charge in [-0.05, 0) is 31.5 Å². The highest BCUT2D eigenvalue weighted by Crippen LogP contribution is 2.16. The van der Waals surface area contributed by atoms with Gasteiger partial charge in [0.25, 0.3) is 0 Å². The van der Waals surface area contributed by atoms with Crippen LogP contribution in [-0.2, 0) is 0 Å². The van der Waals surface area contributed by atoms with Crippen LogP contribution >= 0.6 is 0 Å². The van der Waals surface area contributed by atoms with Gasteiger partial charge in [-0.15, -0.1) is 0 Å². The SMILES string of the molecule is CC=C(N1CCCCC1)[SiH](C)C. The molecular weight excluding hydrogens is 162 g/mol. The lowest BCUT2D eigenvalue weighted by Gasteiger charge is -2.32. The maximum atomic E-state index is 2.61. The topological polar surface area (TPSA) is 3.24 Å². The Hall–Kier alpha value is -0.243. The molecule has 0 unspecified atom stereocenters. The van der Waals surface area contributed by atoms with E-state index in [2.05, 4.69) is 31.0 Å². The monoisotopic (exact) mass is 183 g/mol. The van der Waals surface area contributed by atoms with Crippen molar-refractivity contribution >= 4 is 8.80 Å². The number of hydrogen-bond donors (Lipinski definition) is 0. The Bertz CT molecular complexity index is 157. The van der Waals surface area contributed by atoms with Crippen LogP contribution in [0, 0.1) is 0 Å². The number of hydrogen-bond acceptors (Lipinski definition) is 1. The van der Waals surface area contributed by atoms with Crippen molar-refractivity contribution < 1.29 is 0 Å². The molecule has 70 valence electrons. The van der Waals surface area contributed by atoms with Gasteiger partial charge < -0.3 is 4.90 Å². The van der Waals surface area contributed by atoms with Crippen molar-refractivity contribution in [1.82, 2.24) is 4.90 Å². The minimum atomic E-state index is -0.572. The van der Waals surface area contributed by atoms with Gasteiger partial charge in [-0.25, -0.2) is 0 Å². The number of rotatable bonds is 2. The summed E-state index contributed by atoms with van der Waals surface area (Å²) in [6.07, 6.45) is 6.58. The van der Waals surface area contributed by atoms with Crippen molar-refractivity contribution in [3.63, 3.8) is 0 Å². The van der Waals surface area contributed by atoms with E-state index in [0.717, 1.165) is 0 Å². The fourth-order valence-electron chi connectivity index (χ4n) is 2.03. The Morgan fingerprint density at radius 3 is 2.17 bits per heavy atom. The van der Waals surface area contributed by atoms with Crippen molar-refractivity contribution in [2.45, 2.75) is 39.3 Å². The molecule has 0 radical (unpaired) electrons. The minimum Gasteiger partial charge on any atom is -0.379 e. The van der Waals surface area contributed by atoms with Gasteiger partial charge in [0, 0.05) is 13.1 Å². The highest BCUT2D eigenvalue weighted by atomic mass is 28.3. The second-order valence-corrected chi connectivity index (χ2v) is 6.82. The summed E-state index contributed by atoms with van der Waals surface area (Å²) in [4.78, 5) is 2.61. The first-order valence-electron chi connectivity index (χ1n) is 5.17. The third-order valence-electron chi connectivity index (χ3n) is 2.61. The summed E-state index contributed by atoms with van der Waals surface area (Å²) >= 11 is 0. The molecule has 12 heavy (non-hydrogen) atoms. The molecule has 1 fully saturated rings. The van der Waals surface area contributed by atoms with Gasteiger partial charge in [-0.3, -0.25) is 0 Å². The molecule has 2 heteroatoms. The van der Waals surface area contributed by atoms with Gasteiger partial charge in [-0.2, -0.15) is 0 Å². The van der Waals surface area contributed by atoms with E-state index in [0.29, 0.717) is 0 Å². The van der Waals surface area contributed by atoms with E-state index < -0.39 is 8.80 Å². The quantitative estimate of drug-likeness (QED) is 0.594. The van der Waals surface area contributed by atoms with Gasteiger partial charge >= 0.3 is 0 Å². The predicted molar refractivity (Wildman–Crippen MR) is 58.1 cm³/mol. The molecule has 0 aliphatic carbocycles. The summed E-state index contributed by atoms with van der Waals surface area (Å²) in [5.74, 6) is 0. The smallest absolute Gasteiger partial charge is 0.0847 e. The molecule has 1 aliphatic heterocycles. The molecule has 1 heterocycles. The molecule has 1 aliphatic rings. The van der Waals surface area contributed by atoms with Crippen LogP contribution in [0.4, 0.5) is 0 Å². The average Bonchev–Trinajstić information content (AvgIpc) is 2.07. The van der Waals surface area contributed by atoms with Crippen LogP contribution in [0.2, 0.25) is 13.1 Å². The summed E-state index contributed by atoms with van der Waals surface area (Å²) in [7, 11) is -0.572. The normalized spacial score (nSPS) is 20.3. The van der Waals surface area contributed by atoms with E-state index in [1.165, 1.54) is 32.4 Å². The van der Waals surface area contributed by atoms with Crippen LogP contribution in [0.25, 0.3) is 0 Å². The Labute approximate surface area is 78.1 Å². The van der Waals surface area contributed by atoms with Gasteiger partial charge in [0.1, 0.15) is 0 Å². The van der Waals surface area contributed by atoms with Crippen LogP contribution in [0.1, 0.15) is 26.2 Å². The average molecular weight is 183 g/mol. The molecule has 0 saturated carbocycles. The van der Waals surface area contributed by atoms with E-state index in [-0.39, 0.29) is 0 Å². The van der Waals surface area contributed by atoms with Crippen molar-refractivity contribution in [3.05, 3.63) is 11.4 Å². The molecular formula is C10H21NSi. The van der Waals surface area contributed by atoms with Gasteiger partial charge in [0.2, 0.25) is 0 Å². The number of piperidine rings is 1. The molecule has 0 amide bonds. The van der Waals surface area contributed by atoms with Crippen molar-refractivity contribution in [2.24, 2.45) is 0 Å². The summed E-state index contributed by atoms with van der Waals surface area (Å²) < 4.78 is 0. The fraction of sp³-hybridized carbons (Fsp3) is 0.800. The highest BCUT2D eigenvalue weighted by molar-refractivity contribution is 6.63. The van der Waals surface area contributed by atoms with Crippen LogP contribution < -0.4 is 0 Å². The fourth-order valence-corrected chi connectivity index (χ4v) is 3.69. The van der Waals surface area contributed by atoms with Gasteiger partial charge in [0.15, 0.2) is 0 Å². The molecule has 0 spiro atoms. The highest BCUT2D eigenvalue weighted by Gasteiger charge is 2.14. The van der Waals surface area contributed by atoms with E-state index in [1.54, 1.807) is 5.32 Å². The maximum absolute atomic E-state index is 2.61.